The summed E-state index contributed by atoms with van der Waals surface area (Å²) in [7, 11) is 0. The van der Waals surface area contributed by atoms with Gasteiger partial charge in [0.15, 0.2) is 6.61 Å². The van der Waals surface area contributed by atoms with Crippen LogP contribution in [0.2, 0.25) is 0 Å². The number of fused-ring (bicyclic) bond motifs is 1. The van der Waals surface area contributed by atoms with Crippen LogP contribution < -0.4 is 11.1 Å². The van der Waals surface area contributed by atoms with Crippen LogP contribution in [0.5, 0.6) is 0 Å². The maximum atomic E-state index is 12.3. The molecule has 0 bridgehead atoms. The van der Waals surface area contributed by atoms with Gasteiger partial charge in [0, 0.05) is 23.4 Å². The van der Waals surface area contributed by atoms with E-state index in [0.717, 1.165) is 29.7 Å². The Balaban J connectivity index is 1.49. The number of thiophene rings is 1. The summed E-state index contributed by atoms with van der Waals surface area (Å²) in [4.78, 5) is 51.6. The van der Waals surface area contributed by atoms with E-state index in [1.54, 1.807) is 4.90 Å². The number of carbonyl (C=O) groups is 4. The molecule has 1 fully saturated rings. The van der Waals surface area contributed by atoms with Gasteiger partial charge in [-0.05, 0) is 37.7 Å². The molecule has 9 heteroatoms. The van der Waals surface area contributed by atoms with Crippen molar-refractivity contribution in [1.29, 1.82) is 0 Å². The van der Waals surface area contributed by atoms with Crippen molar-refractivity contribution in [3.8, 4) is 0 Å². The highest BCUT2D eigenvalue weighted by Gasteiger charge is 2.33. The minimum atomic E-state index is -0.557. The van der Waals surface area contributed by atoms with Gasteiger partial charge < -0.3 is 20.7 Å². The first-order valence-electron chi connectivity index (χ1n) is 10.3. The van der Waals surface area contributed by atoms with Crippen molar-refractivity contribution in [2.45, 2.75) is 52.9 Å². The van der Waals surface area contributed by atoms with Gasteiger partial charge in [-0.15, -0.1) is 11.3 Å². The summed E-state index contributed by atoms with van der Waals surface area (Å²) in [5.41, 5.74) is 6.35. The minimum absolute atomic E-state index is 0.0711. The zero-order chi connectivity index (χ0) is 22.1. The SMILES string of the molecule is CC(C)(C)C(=O)N1CCC(C(=O)OCC(=O)Nc2sc3c(c2C(N)=O)CCC3)CC1. The maximum Gasteiger partial charge on any atom is 0.309 e. The second-order valence-corrected chi connectivity index (χ2v) is 10.0. The van der Waals surface area contributed by atoms with E-state index in [1.165, 1.54) is 11.3 Å². The molecule has 3 amide bonds. The number of rotatable bonds is 5. The first-order chi connectivity index (χ1) is 14.1. The van der Waals surface area contributed by atoms with Crippen LogP contribution >= 0.6 is 11.3 Å². The fourth-order valence-corrected chi connectivity index (χ4v) is 5.27. The predicted molar refractivity (Wildman–Crippen MR) is 113 cm³/mol. The van der Waals surface area contributed by atoms with Gasteiger partial charge in [0.1, 0.15) is 5.00 Å². The molecule has 1 aliphatic carbocycles. The molecule has 1 aromatic rings. The molecule has 2 heterocycles. The van der Waals surface area contributed by atoms with Crippen LogP contribution in [-0.2, 0) is 32.0 Å². The molecule has 3 rings (SSSR count). The van der Waals surface area contributed by atoms with Crippen LogP contribution in [0.25, 0.3) is 0 Å². The molecule has 0 aromatic carbocycles. The average Bonchev–Trinajstić information content (AvgIpc) is 3.25. The van der Waals surface area contributed by atoms with Gasteiger partial charge in [-0.3, -0.25) is 19.2 Å². The van der Waals surface area contributed by atoms with Crippen molar-refractivity contribution < 1.29 is 23.9 Å². The number of anilines is 1. The zero-order valence-corrected chi connectivity index (χ0v) is 18.5. The van der Waals surface area contributed by atoms with E-state index in [-0.39, 0.29) is 11.8 Å². The highest BCUT2D eigenvalue weighted by atomic mass is 32.1. The van der Waals surface area contributed by atoms with E-state index in [2.05, 4.69) is 5.32 Å². The van der Waals surface area contributed by atoms with Crippen LogP contribution in [0.3, 0.4) is 0 Å². The topological polar surface area (TPSA) is 119 Å². The van der Waals surface area contributed by atoms with Crippen molar-refractivity contribution in [1.82, 2.24) is 4.90 Å². The molecule has 164 valence electrons. The first-order valence-corrected chi connectivity index (χ1v) is 11.1. The molecular weight excluding hydrogens is 406 g/mol. The predicted octanol–water partition coefficient (Wildman–Crippen LogP) is 2.10. The fraction of sp³-hybridized carbons (Fsp3) is 0.619. The number of primary amides is 1. The number of nitrogens with zero attached hydrogens (tertiary/aromatic N) is 1. The van der Waals surface area contributed by atoms with E-state index >= 15 is 0 Å². The Bertz CT molecular complexity index is 863. The largest absolute Gasteiger partial charge is 0.455 e. The van der Waals surface area contributed by atoms with Crippen LogP contribution in [0.15, 0.2) is 0 Å². The molecule has 2 aliphatic rings. The molecule has 1 saturated heterocycles. The summed E-state index contributed by atoms with van der Waals surface area (Å²) >= 11 is 1.36. The molecule has 0 radical (unpaired) electrons. The van der Waals surface area contributed by atoms with Crippen molar-refractivity contribution in [3.63, 3.8) is 0 Å². The molecule has 3 N–H and O–H groups in total. The van der Waals surface area contributed by atoms with Crippen LogP contribution in [0, 0.1) is 11.3 Å². The molecule has 8 nitrogen and oxygen atoms in total. The summed E-state index contributed by atoms with van der Waals surface area (Å²) in [6.45, 7) is 6.22. The van der Waals surface area contributed by atoms with Gasteiger partial charge in [-0.2, -0.15) is 0 Å². The van der Waals surface area contributed by atoms with Crippen molar-refractivity contribution in [2.75, 3.05) is 25.0 Å². The smallest absolute Gasteiger partial charge is 0.309 e. The number of esters is 1. The lowest BCUT2D eigenvalue weighted by molar-refractivity contribution is -0.155. The monoisotopic (exact) mass is 435 g/mol. The molecule has 1 aliphatic heterocycles. The van der Waals surface area contributed by atoms with Gasteiger partial charge >= 0.3 is 5.97 Å². The quantitative estimate of drug-likeness (QED) is 0.687. The number of nitrogens with two attached hydrogens (primary N) is 1. The molecule has 0 atom stereocenters. The number of nitrogens with one attached hydrogen (secondary N) is 1. The summed E-state index contributed by atoms with van der Waals surface area (Å²) in [5.74, 6) is -1.74. The Morgan fingerprint density at radius 3 is 2.43 bits per heavy atom. The van der Waals surface area contributed by atoms with Crippen LogP contribution in [0.1, 0.15) is 60.8 Å². The number of amides is 3. The van der Waals surface area contributed by atoms with Gasteiger partial charge in [0.05, 0.1) is 11.5 Å². The van der Waals surface area contributed by atoms with Gasteiger partial charge in [0.25, 0.3) is 11.8 Å². The van der Waals surface area contributed by atoms with Gasteiger partial charge in [-0.1, -0.05) is 20.8 Å². The first kappa shape index (κ1) is 22.3. The Morgan fingerprint density at radius 1 is 1.17 bits per heavy atom. The summed E-state index contributed by atoms with van der Waals surface area (Å²) in [5, 5.41) is 3.10. The lowest BCUT2D eigenvalue weighted by Gasteiger charge is -2.34. The summed E-state index contributed by atoms with van der Waals surface area (Å²) < 4.78 is 5.19. The Labute approximate surface area is 180 Å². The number of likely N-dealkylation sites (tertiary alicyclic amines) is 1. The molecular formula is C21H29N3O5S. The number of piperidine rings is 1. The molecule has 0 saturated carbocycles. The molecule has 0 spiro atoms. The standard InChI is InChI=1S/C21H29N3O5S/c1-21(2,3)20(28)24-9-7-12(8-10-24)19(27)29-11-15(25)23-18-16(17(22)26)13-5-4-6-14(13)30-18/h12H,4-11H2,1-3H3,(H2,22,26)(H,23,25). The van der Waals surface area contributed by atoms with E-state index in [4.69, 9.17) is 10.5 Å². The van der Waals surface area contributed by atoms with E-state index in [9.17, 15) is 19.2 Å². The van der Waals surface area contributed by atoms with Crippen molar-refractivity contribution in [3.05, 3.63) is 16.0 Å². The number of ether oxygens (including phenoxy) is 1. The minimum Gasteiger partial charge on any atom is -0.455 e. The number of hydrogen-bond donors (Lipinski definition) is 2. The molecule has 0 unspecified atom stereocenters. The van der Waals surface area contributed by atoms with E-state index < -0.39 is 29.8 Å². The Kier molecular flexibility index (Phi) is 6.50. The highest BCUT2D eigenvalue weighted by Crippen LogP contribution is 2.38. The number of hydrogen-bond acceptors (Lipinski definition) is 6. The molecule has 1 aromatic heterocycles. The molecule has 30 heavy (non-hydrogen) atoms. The van der Waals surface area contributed by atoms with Gasteiger partial charge in [-0.25, -0.2) is 0 Å². The normalized spacial score (nSPS) is 16.8. The van der Waals surface area contributed by atoms with Crippen LogP contribution in [-0.4, -0.2) is 48.3 Å². The maximum absolute atomic E-state index is 12.3. The highest BCUT2D eigenvalue weighted by molar-refractivity contribution is 7.17. The number of aryl methyl sites for hydroxylation is 1. The second kappa shape index (κ2) is 8.75. The van der Waals surface area contributed by atoms with E-state index in [0.29, 0.717) is 36.5 Å². The Morgan fingerprint density at radius 2 is 1.83 bits per heavy atom. The number of carbonyl (C=O) groups excluding carboxylic acids is 4. The van der Waals surface area contributed by atoms with Gasteiger partial charge in [0.2, 0.25) is 5.91 Å². The average molecular weight is 436 g/mol. The third kappa shape index (κ3) is 4.83. The van der Waals surface area contributed by atoms with Crippen molar-refractivity contribution >= 4 is 40.0 Å². The van der Waals surface area contributed by atoms with Crippen molar-refractivity contribution in [2.24, 2.45) is 17.1 Å². The van der Waals surface area contributed by atoms with E-state index in [1.807, 2.05) is 20.8 Å². The van der Waals surface area contributed by atoms with Crippen LogP contribution in [0.4, 0.5) is 5.00 Å². The lowest BCUT2D eigenvalue weighted by Crippen LogP contribution is -2.45. The second-order valence-electron chi connectivity index (χ2n) is 8.90. The third-order valence-electron chi connectivity index (χ3n) is 5.52. The third-order valence-corrected chi connectivity index (χ3v) is 6.73. The zero-order valence-electron chi connectivity index (χ0n) is 17.7. The fourth-order valence-electron chi connectivity index (χ4n) is 3.96. The summed E-state index contributed by atoms with van der Waals surface area (Å²) in [6.07, 6.45) is 3.68. The summed E-state index contributed by atoms with van der Waals surface area (Å²) in [6, 6.07) is 0. The Hall–Kier alpha value is -2.42. The lowest BCUT2D eigenvalue weighted by atomic mass is 9.91.